The molecule has 0 aliphatic carbocycles. The van der Waals surface area contributed by atoms with Crippen molar-refractivity contribution in [3.05, 3.63) is 33.9 Å². The molecule has 122 valence electrons. The first-order chi connectivity index (χ1) is 11.1. The molecule has 2 aromatic heterocycles. The first-order valence-electron chi connectivity index (χ1n) is 7.85. The van der Waals surface area contributed by atoms with Gasteiger partial charge in [-0.3, -0.25) is 4.79 Å². The number of rotatable bonds is 3. The van der Waals surface area contributed by atoms with Gasteiger partial charge in [-0.15, -0.1) is 11.3 Å². The van der Waals surface area contributed by atoms with Crippen molar-refractivity contribution in [3.63, 3.8) is 0 Å². The Balaban J connectivity index is 1.78. The van der Waals surface area contributed by atoms with Gasteiger partial charge in [0.1, 0.15) is 0 Å². The van der Waals surface area contributed by atoms with Crippen LogP contribution in [0.1, 0.15) is 53.3 Å². The van der Waals surface area contributed by atoms with Gasteiger partial charge in [-0.05, 0) is 25.8 Å². The summed E-state index contributed by atoms with van der Waals surface area (Å²) in [6, 6.07) is -0.102. The molecule has 0 saturated carbocycles. The Labute approximate surface area is 139 Å². The molecular weight excluding hydrogens is 312 g/mol. The van der Waals surface area contributed by atoms with E-state index < -0.39 is 0 Å². The zero-order valence-electron chi connectivity index (χ0n) is 13.4. The van der Waals surface area contributed by atoms with Crippen LogP contribution in [-0.2, 0) is 4.79 Å². The molecule has 1 aliphatic rings. The highest BCUT2D eigenvalue weighted by Gasteiger charge is 2.29. The number of carbonyl (C=O) groups is 1. The number of thiazole rings is 1. The maximum Gasteiger partial charge on any atom is 0.247 e. The average molecular weight is 332 g/mol. The van der Waals surface area contributed by atoms with E-state index in [1.807, 2.05) is 17.9 Å². The first kappa shape index (κ1) is 15.9. The molecule has 1 fully saturated rings. The normalized spacial score (nSPS) is 19.2. The van der Waals surface area contributed by atoms with E-state index in [-0.39, 0.29) is 11.9 Å². The standard InChI is InChI=1S/C16H20N4O2S/c1-11-18-16(19-22-11)14-6-4-3-5-9-20(14)15(21)8-7-13-10-17-12(2)23-13/h7-8,10,14H,3-6,9H2,1-2H3. The van der Waals surface area contributed by atoms with Crippen molar-refractivity contribution in [2.24, 2.45) is 0 Å². The van der Waals surface area contributed by atoms with Crippen LogP contribution in [-0.4, -0.2) is 32.5 Å². The molecule has 0 bridgehead atoms. The minimum absolute atomic E-state index is 0.00888. The third-order valence-corrected chi connectivity index (χ3v) is 4.78. The fraction of sp³-hybridized carbons (Fsp3) is 0.500. The summed E-state index contributed by atoms with van der Waals surface area (Å²) in [5.41, 5.74) is 0. The number of amides is 1. The van der Waals surface area contributed by atoms with Gasteiger partial charge in [0.05, 0.1) is 11.0 Å². The SMILES string of the molecule is Cc1nc(C2CCCCCN2C(=O)C=Cc2cnc(C)s2)no1. The van der Waals surface area contributed by atoms with Crippen LogP contribution in [0.15, 0.2) is 16.8 Å². The Kier molecular flexibility index (Phi) is 4.85. The summed E-state index contributed by atoms with van der Waals surface area (Å²) in [5.74, 6) is 1.14. The third-order valence-electron chi connectivity index (χ3n) is 3.91. The summed E-state index contributed by atoms with van der Waals surface area (Å²) in [4.78, 5) is 24.0. The first-order valence-corrected chi connectivity index (χ1v) is 8.66. The highest BCUT2D eigenvalue weighted by atomic mass is 32.1. The van der Waals surface area contributed by atoms with E-state index >= 15 is 0 Å². The number of nitrogens with zero attached hydrogens (tertiary/aromatic N) is 4. The molecule has 7 heteroatoms. The maximum atomic E-state index is 12.7. The topological polar surface area (TPSA) is 72.1 Å². The van der Waals surface area contributed by atoms with E-state index in [0.29, 0.717) is 11.7 Å². The van der Waals surface area contributed by atoms with E-state index in [4.69, 9.17) is 4.52 Å². The monoisotopic (exact) mass is 332 g/mol. The zero-order chi connectivity index (χ0) is 16.2. The maximum absolute atomic E-state index is 12.7. The Hall–Kier alpha value is -2.02. The van der Waals surface area contributed by atoms with Crippen LogP contribution < -0.4 is 0 Å². The molecule has 0 radical (unpaired) electrons. The summed E-state index contributed by atoms with van der Waals surface area (Å²) in [7, 11) is 0. The predicted octanol–water partition coefficient (Wildman–Crippen LogP) is 3.30. The smallest absolute Gasteiger partial charge is 0.247 e. The van der Waals surface area contributed by atoms with Crippen molar-refractivity contribution in [1.29, 1.82) is 0 Å². The lowest BCUT2D eigenvalue weighted by atomic mass is 10.1. The van der Waals surface area contributed by atoms with Gasteiger partial charge in [0.15, 0.2) is 5.82 Å². The second kappa shape index (κ2) is 7.04. The van der Waals surface area contributed by atoms with Gasteiger partial charge >= 0.3 is 0 Å². The van der Waals surface area contributed by atoms with Crippen LogP contribution in [0.5, 0.6) is 0 Å². The molecule has 2 aromatic rings. The molecular formula is C16H20N4O2S. The summed E-state index contributed by atoms with van der Waals surface area (Å²) in [6.07, 6.45) is 9.31. The minimum Gasteiger partial charge on any atom is -0.340 e. The molecule has 1 atom stereocenters. The van der Waals surface area contributed by atoms with Gasteiger partial charge in [0, 0.05) is 30.6 Å². The van der Waals surface area contributed by atoms with Gasteiger partial charge in [-0.25, -0.2) is 4.98 Å². The van der Waals surface area contributed by atoms with E-state index in [2.05, 4.69) is 15.1 Å². The second-order valence-corrected chi connectivity index (χ2v) is 6.95. The Morgan fingerprint density at radius 3 is 2.96 bits per heavy atom. The number of hydrogen-bond donors (Lipinski definition) is 0. The summed E-state index contributed by atoms with van der Waals surface area (Å²) >= 11 is 1.57. The molecule has 3 heterocycles. The van der Waals surface area contributed by atoms with E-state index in [9.17, 15) is 4.79 Å². The number of carbonyl (C=O) groups excluding carboxylic acids is 1. The fourth-order valence-electron chi connectivity index (χ4n) is 2.79. The lowest BCUT2D eigenvalue weighted by Gasteiger charge is -2.26. The second-order valence-electron chi connectivity index (χ2n) is 5.68. The van der Waals surface area contributed by atoms with Crippen molar-refractivity contribution in [1.82, 2.24) is 20.0 Å². The third kappa shape index (κ3) is 3.85. The van der Waals surface area contributed by atoms with Crippen LogP contribution in [0, 0.1) is 13.8 Å². The zero-order valence-corrected chi connectivity index (χ0v) is 14.2. The Morgan fingerprint density at radius 2 is 2.26 bits per heavy atom. The van der Waals surface area contributed by atoms with E-state index in [1.54, 1.807) is 30.5 Å². The Morgan fingerprint density at radius 1 is 1.39 bits per heavy atom. The highest BCUT2D eigenvalue weighted by molar-refractivity contribution is 7.12. The molecule has 0 aromatic carbocycles. The van der Waals surface area contributed by atoms with Gasteiger partial charge in [-0.1, -0.05) is 18.0 Å². The molecule has 6 nitrogen and oxygen atoms in total. The summed E-state index contributed by atoms with van der Waals surface area (Å²) < 4.78 is 5.09. The van der Waals surface area contributed by atoms with Gasteiger partial charge in [0.25, 0.3) is 0 Å². The molecule has 0 spiro atoms. The largest absolute Gasteiger partial charge is 0.340 e. The molecule has 23 heavy (non-hydrogen) atoms. The number of likely N-dealkylation sites (tertiary alicyclic amines) is 1. The van der Waals surface area contributed by atoms with Gasteiger partial charge < -0.3 is 9.42 Å². The van der Waals surface area contributed by atoms with Crippen LogP contribution in [0.2, 0.25) is 0 Å². The van der Waals surface area contributed by atoms with Crippen LogP contribution >= 0.6 is 11.3 Å². The number of aryl methyl sites for hydroxylation is 2. The van der Waals surface area contributed by atoms with Crippen LogP contribution in [0.25, 0.3) is 6.08 Å². The van der Waals surface area contributed by atoms with Crippen molar-refractivity contribution in [3.8, 4) is 0 Å². The number of aromatic nitrogens is 3. The van der Waals surface area contributed by atoms with Crippen LogP contribution in [0.4, 0.5) is 0 Å². The predicted molar refractivity (Wildman–Crippen MR) is 87.8 cm³/mol. The average Bonchev–Trinajstić information content (AvgIpc) is 3.06. The van der Waals surface area contributed by atoms with Gasteiger partial charge in [-0.2, -0.15) is 4.98 Å². The van der Waals surface area contributed by atoms with Crippen molar-refractivity contribution < 1.29 is 9.32 Å². The fourth-order valence-corrected chi connectivity index (χ4v) is 3.48. The molecule has 3 rings (SSSR count). The molecule has 1 amide bonds. The van der Waals surface area contributed by atoms with Crippen molar-refractivity contribution >= 4 is 23.3 Å². The summed E-state index contributed by atoms with van der Waals surface area (Å²) in [5, 5.41) is 5.02. The van der Waals surface area contributed by atoms with Crippen molar-refractivity contribution in [2.75, 3.05) is 6.54 Å². The van der Waals surface area contributed by atoms with Crippen molar-refractivity contribution in [2.45, 2.75) is 45.6 Å². The summed E-state index contributed by atoms with van der Waals surface area (Å²) in [6.45, 7) is 4.45. The molecule has 1 aliphatic heterocycles. The van der Waals surface area contributed by atoms with Crippen LogP contribution in [0.3, 0.4) is 0 Å². The van der Waals surface area contributed by atoms with E-state index in [1.165, 1.54) is 0 Å². The highest BCUT2D eigenvalue weighted by Crippen LogP contribution is 2.28. The Bertz CT molecular complexity index is 707. The quantitative estimate of drug-likeness (QED) is 0.806. The lowest BCUT2D eigenvalue weighted by Crippen LogP contribution is -2.34. The minimum atomic E-state index is -0.102. The molecule has 1 unspecified atom stereocenters. The van der Waals surface area contributed by atoms with Gasteiger partial charge in [0.2, 0.25) is 11.8 Å². The van der Waals surface area contributed by atoms with E-state index in [0.717, 1.165) is 42.1 Å². The molecule has 1 saturated heterocycles. The molecule has 0 N–H and O–H groups in total. The number of hydrogen-bond acceptors (Lipinski definition) is 6. The lowest BCUT2D eigenvalue weighted by molar-refractivity contribution is -0.128.